The van der Waals surface area contributed by atoms with Gasteiger partial charge in [0.2, 0.25) is 0 Å². The molecule has 0 aliphatic heterocycles. The van der Waals surface area contributed by atoms with Crippen molar-refractivity contribution in [3.63, 3.8) is 0 Å². The Balaban J connectivity index is 2.11. The standard InChI is InChI=1S/C14H18N4O2/c1-9(10-4-6-11(20-3)7-5-10)17-14(19)13-12(15)8-16-18(13)2/h4-9H,15H2,1-3H3,(H,17,19). The second-order valence-corrected chi connectivity index (χ2v) is 4.54. The van der Waals surface area contributed by atoms with Crippen molar-refractivity contribution in [3.8, 4) is 5.75 Å². The number of nitrogens with one attached hydrogen (secondary N) is 1. The minimum Gasteiger partial charge on any atom is -0.497 e. The van der Waals surface area contributed by atoms with E-state index < -0.39 is 0 Å². The highest BCUT2D eigenvalue weighted by atomic mass is 16.5. The van der Waals surface area contributed by atoms with E-state index in [-0.39, 0.29) is 11.9 Å². The number of nitrogens with zero attached hydrogens (tertiary/aromatic N) is 2. The summed E-state index contributed by atoms with van der Waals surface area (Å²) in [5, 5.41) is 6.85. The average Bonchev–Trinajstić information content (AvgIpc) is 2.78. The van der Waals surface area contributed by atoms with Gasteiger partial charge in [-0.15, -0.1) is 0 Å². The Labute approximate surface area is 117 Å². The summed E-state index contributed by atoms with van der Waals surface area (Å²) >= 11 is 0. The van der Waals surface area contributed by atoms with Crippen LogP contribution in [0.5, 0.6) is 5.75 Å². The van der Waals surface area contributed by atoms with Gasteiger partial charge in [0.1, 0.15) is 11.4 Å². The molecule has 0 saturated carbocycles. The van der Waals surface area contributed by atoms with Gasteiger partial charge in [-0.25, -0.2) is 0 Å². The Morgan fingerprint density at radius 1 is 1.40 bits per heavy atom. The molecule has 106 valence electrons. The lowest BCUT2D eigenvalue weighted by atomic mass is 10.1. The first-order valence-corrected chi connectivity index (χ1v) is 6.25. The van der Waals surface area contributed by atoms with Crippen LogP contribution in [0.15, 0.2) is 30.5 Å². The van der Waals surface area contributed by atoms with E-state index in [1.807, 2.05) is 31.2 Å². The minimum atomic E-state index is -0.245. The number of anilines is 1. The van der Waals surface area contributed by atoms with Gasteiger partial charge < -0.3 is 15.8 Å². The molecule has 0 bridgehead atoms. The predicted molar refractivity (Wildman–Crippen MR) is 76.5 cm³/mol. The van der Waals surface area contributed by atoms with Crippen molar-refractivity contribution in [1.82, 2.24) is 15.1 Å². The molecule has 3 N–H and O–H groups in total. The van der Waals surface area contributed by atoms with Gasteiger partial charge in [-0.2, -0.15) is 5.10 Å². The van der Waals surface area contributed by atoms with E-state index >= 15 is 0 Å². The number of carbonyl (C=O) groups is 1. The van der Waals surface area contributed by atoms with Crippen LogP contribution in [0.1, 0.15) is 29.0 Å². The molecule has 6 nitrogen and oxygen atoms in total. The average molecular weight is 274 g/mol. The topological polar surface area (TPSA) is 82.2 Å². The number of benzene rings is 1. The number of aryl methyl sites for hydroxylation is 1. The Morgan fingerprint density at radius 3 is 2.55 bits per heavy atom. The van der Waals surface area contributed by atoms with Crippen molar-refractivity contribution in [2.75, 3.05) is 12.8 Å². The molecule has 1 unspecified atom stereocenters. The number of ether oxygens (including phenoxy) is 1. The zero-order valence-electron chi connectivity index (χ0n) is 11.8. The van der Waals surface area contributed by atoms with Crippen LogP contribution in [0.3, 0.4) is 0 Å². The molecule has 0 fully saturated rings. The normalized spacial score (nSPS) is 11.9. The van der Waals surface area contributed by atoms with Gasteiger partial charge in [-0.05, 0) is 24.6 Å². The number of hydrogen-bond acceptors (Lipinski definition) is 4. The molecule has 1 aromatic heterocycles. The zero-order valence-corrected chi connectivity index (χ0v) is 11.8. The van der Waals surface area contributed by atoms with Crippen molar-refractivity contribution in [1.29, 1.82) is 0 Å². The van der Waals surface area contributed by atoms with Crippen LogP contribution in [-0.2, 0) is 7.05 Å². The van der Waals surface area contributed by atoms with E-state index in [4.69, 9.17) is 10.5 Å². The highest BCUT2D eigenvalue weighted by Crippen LogP contribution is 2.18. The molecule has 6 heteroatoms. The van der Waals surface area contributed by atoms with Crippen molar-refractivity contribution in [3.05, 3.63) is 41.7 Å². The lowest BCUT2D eigenvalue weighted by Crippen LogP contribution is -2.29. The summed E-state index contributed by atoms with van der Waals surface area (Å²) in [7, 11) is 3.30. The van der Waals surface area contributed by atoms with Crippen molar-refractivity contribution in [2.45, 2.75) is 13.0 Å². The predicted octanol–water partition coefficient (Wildman–Crippen LogP) is 1.50. The molecule has 1 aromatic carbocycles. The highest BCUT2D eigenvalue weighted by molar-refractivity contribution is 5.97. The summed E-state index contributed by atoms with van der Waals surface area (Å²) in [6.07, 6.45) is 1.47. The van der Waals surface area contributed by atoms with E-state index in [0.717, 1.165) is 11.3 Å². The van der Waals surface area contributed by atoms with Crippen LogP contribution in [0.25, 0.3) is 0 Å². The molecule has 2 rings (SSSR count). The molecular formula is C14H18N4O2. The largest absolute Gasteiger partial charge is 0.497 e. The van der Waals surface area contributed by atoms with Crippen molar-refractivity contribution < 1.29 is 9.53 Å². The SMILES string of the molecule is COc1ccc(C(C)NC(=O)c2c(N)cnn2C)cc1. The van der Waals surface area contributed by atoms with Gasteiger partial charge in [-0.3, -0.25) is 9.48 Å². The molecular weight excluding hydrogens is 256 g/mol. The molecule has 1 amide bonds. The van der Waals surface area contributed by atoms with E-state index in [2.05, 4.69) is 10.4 Å². The maximum atomic E-state index is 12.2. The van der Waals surface area contributed by atoms with E-state index in [0.29, 0.717) is 11.4 Å². The maximum Gasteiger partial charge on any atom is 0.272 e. The zero-order chi connectivity index (χ0) is 14.7. The summed E-state index contributed by atoms with van der Waals surface area (Å²) in [5.74, 6) is 0.536. The second-order valence-electron chi connectivity index (χ2n) is 4.54. The summed E-state index contributed by atoms with van der Waals surface area (Å²) in [4.78, 5) is 12.2. The van der Waals surface area contributed by atoms with Gasteiger partial charge in [-0.1, -0.05) is 12.1 Å². The summed E-state index contributed by atoms with van der Waals surface area (Å²) in [6, 6.07) is 7.40. The Morgan fingerprint density at radius 2 is 2.05 bits per heavy atom. The summed E-state index contributed by atoms with van der Waals surface area (Å²) < 4.78 is 6.57. The first-order chi connectivity index (χ1) is 9.52. The van der Waals surface area contributed by atoms with E-state index in [1.54, 1.807) is 14.2 Å². The third-order valence-electron chi connectivity index (χ3n) is 3.15. The van der Waals surface area contributed by atoms with Gasteiger partial charge in [0.15, 0.2) is 0 Å². The fraction of sp³-hybridized carbons (Fsp3) is 0.286. The summed E-state index contributed by atoms with van der Waals surface area (Å²) in [5.41, 5.74) is 7.45. The molecule has 20 heavy (non-hydrogen) atoms. The van der Waals surface area contributed by atoms with Crippen LogP contribution in [0, 0.1) is 0 Å². The third kappa shape index (κ3) is 2.74. The smallest absolute Gasteiger partial charge is 0.272 e. The number of methoxy groups -OCH3 is 1. The van der Waals surface area contributed by atoms with Gasteiger partial charge >= 0.3 is 0 Å². The number of rotatable bonds is 4. The number of carbonyl (C=O) groups excluding carboxylic acids is 1. The Bertz CT molecular complexity index is 585. The number of nitrogen functional groups attached to an aromatic ring is 1. The van der Waals surface area contributed by atoms with Crippen LogP contribution < -0.4 is 15.8 Å². The number of amides is 1. The molecule has 1 heterocycles. The molecule has 0 spiro atoms. The van der Waals surface area contributed by atoms with Gasteiger partial charge in [0, 0.05) is 7.05 Å². The fourth-order valence-electron chi connectivity index (χ4n) is 1.97. The van der Waals surface area contributed by atoms with Crippen molar-refractivity contribution >= 4 is 11.6 Å². The minimum absolute atomic E-state index is 0.136. The third-order valence-corrected chi connectivity index (χ3v) is 3.15. The molecule has 0 aliphatic rings. The van der Waals surface area contributed by atoms with Gasteiger partial charge in [0.25, 0.3) is 5.91 Å². The van der Waals surface area contributed by atoms with E-state index in [9.17, 15) is 4.79 Å². The first kappa shape index (κ1) is 13.9. The van der Waals surface area contributed by atoms with Crippen LogP contribution in [0.4, 0.5) is 5.69 Å². The lowest BCUT2D eigenvalue weighted by Gasteiger charge is -2.15. The number of nitrogens with two attached hydrogens (primary N) is 1. The fourth-order valence-corrected chi connectivity index (χ4v) is 1.97. The van der Waals surface area contributed by atoms with Gasteiger partial charge in [0.05, 0.1) is 25.0 Å². The molecule has 0 saturated heterocycles. The number of aromatic nitrogens is 2. The molecule has 0 aliphatic carbocycles. The molecule has 1 atom stereocenters. The highest BCUT2D eigenvalue weighted by Gasteiger charge is 2.17. The number of hydrogen-bond donors (Lipinski definition) is 2. The quantitative estimate of drug-likeness (QED) is 0.885. The first-order valence-electron chi connectivity index (χ1n) is 6.25. The second kappa shape index (κ2) is 5.64. The monoisotopic (exact) mass is 274 g/mol. The lowest BCUT2D eigenvalue weighted by molar-refractivity contribution is 0.0931. The van der Waals surface area contributed by atoms with Crippen LogP contribution in [-0.4, -0.2) is 22.8 Å². The van der Waals surface area contributed by atoms with Crippen LogP contribution >= 0.6 is 0 Å². The van der Waals surface area contributed by atoms with E-state index in [1.165, 1.54) is 10.9 Å². The molecule has 2 aromatic rings. The van der Waals surface area contributed by atoms with Crippen molar-refractivity contribution in [2.24, 2.45) is 7.05 Å². The Hall–Kier alpha value is -2.50. The Kier molecular flexibility index (Phi) is 3.93. The maximum absolute atomic E-state index is 12.2. The molecule has 0 radical (unpaired) electrons. The summed E-state index contributed by atoms with van der Waals surface area (Å²) in [6.45, 7) is 1.91. The van der Waals surface area contributed by atoms with Crippen LogP contribution in [0.2, 0.25) is 0 Å².